The number of methoxy groups -OCH3 is 1. The first-order valence-electron chi connectivity index (χ1n) is 7.13. The summed E-state index contributed by atoms with van der Waals surface area (Å²) >= 11 is 0. The summed E-state index contributed by atoms with van der Waals surface area (Å²) in [7, 11) is 1.79. The number of nitrogens with zero attached hydrogens (tertiary/aromatic N) is 1. The van der Waals surface area contributed by atoms with Gasteiger partial charge in [-0.2, -0.15) is 0 Å². The quantitative estimate of drug-likeness (QED) is 0.842. The Bertz CT molecular complexity index is 626. The molecule has 0 aliphatic heterocycles. The lowest BCUT2D eigenvalue weighted by Crippen LogP contribution is -2.29. The number of rotatable bonds is 3. The van der Waals surface area contributed by atoms with Gasteiger partial charge in [-0.15, -0.1) is 0 Å². The second-order valence-corrected chi connectivity index (χ2v) is 5.53. The van der Waals surface area contributed by atoms with E-state index in [4.69, 9.17) is 10.5 Å². The molecule has 2 atom stereocenters. The van der Waals surface area contributed by atoms with Crippen molar-refractivity contribution < 1.29 is 4.74 Å². The summed E-state index contributed by atoms with van der Waals surface area (Å²) in [6.45, 7) is 2.00. The Morgan fingerprint density at radius 1 is 1.30 bits per heavy atom. The van der Waals surface area contributed by atoms with Gasteiger partial charge in [-0.25, -0.2) is 0 Å². The van der Waals surface area contributed by atoms with Crippen LogP contribution in [0.4, 0.5) is 11.4 Å². The van der Waals surface area contributed by atoms with E-state index in [-0.39, 0.29) is 0 Å². The number of nitrogen functional groups attached to an aromatic ring is 1. The van der Waals surface area contributed by atoms with Gasteiger partial charge in [-0.3, -0.25) is 4.98 Å². The van der Waals surface area contributed by atoms with E-state index in [2.05, 4.69) is 22.4 Å². The first-order chi connectivity index (χ1) is 9.69. The fourth-order valence-corrected chi connectivity index (χ4v) is 3.06. The minimum Gasteiger partial charge on any atom is -0.398 e. The fraction of sp³-hybridized carbons (Fsp3) is 0.438. The molecule has 0 amide bonds. The molecule has 2 unspecified atom stereocenters. The van der Waals surface area contributed by atoms with Crippen LogP contribution in [0.3, 0.4) is 0 Å². The molecule has 2 aromatic rings. The molecule has 0 spiro atoms. The van der Waals surface area contributed by atoms with Crippen LogP contribution in [-0.2, 0) is 4.74 Å². The highest BCUT2D eigenvalue weighted by Gasteiger charge is 2.27. The Morgan fingerprint density at radius 3 is 2.95 bits per heavy atom. The molecular formula is C16H21N3O. The van der Waals surface area contributed by atoms with Gasteiger partial charge in [0.1, 0.15) is 0 Å². The highest BCUT2D eigenvalue weighted by Crippen LogP contribution is 2.31. The van der Waals surface area contributed by atoms with Gasteiger partial charge in [0.05, 0.1) is 12.1 Å². The van der Waals surface area contributed by atoms with E-state index in [1.165, 1.54) is 6.42 Å². The minimum atomic E-state index is 0.297. The maximum absolute atomic E-state index is 6.04. The highest BCUT2D eigenvalue weighted by atomic mass is 16.5. The number of benzene rings is 1. The van der Waals surface area contributed by atoms with E-state index < -0.39 is 0 Å². The topological polar surface area (TPSA) is 60.2 Å². The van der Waals surface area contributed by atoms with Crippen molar-refractivity contribution in [1.29, 1.82) is 0 Å². The molecule has 4 heteroatoms. The van der Waals surface area contributed by atoms with Crippen LogP contribution in [0.15, 0.2) is 24.4 Å². The van der Waals surface area contributed by atoms with Gasteiger partial charge in [0.25, 0.3) is 0 Å². The summed E-state index contributed by atoms with van der Waals surface area (Å²) in [5.41, 5.74) is 8.94. The molecule has 4 nitrogen and oxygen atoms in total. The number of fused-ring (bicyclic) bond motifs is 1. The van der Waals surface area contributed by atoms with Crippen molar-refractivity contribution in [2.75, 3.05) is 18.2 Å². The molecule has 1 heterocycles. The number of pyridine rings is 1. The molecule has 1 aromatic heterocycles. The molecule has 1 aliphatic carbocycles. The molecule has 0 saturated heterocycles. The van der Waals surface area contributed by atoms with Gasteiger partial charge in [-0.1, -0.05) is 0 Å². The first-order valence-corrected chi connectivity index (χ1v) is 7.13. The van der Waals surface area contributed by atoms with Crippen molar-refractivity contribution in [2.24, 2.45) is 0 Å². The normalized spacial score (nSPS) is 22.3. The van der Waals surface area contributed by atoms with Crippen LogP contribution in [0.2, 0.25) is 0 Å². The van der Waals surface area contributed by atoms with Gasteiger partial charge in [0.15, 0.2) is 0 Å². The second kappa shape index (κ2) is 5.29. The number of hydrogen-bond donors (Lipinski definition) is 2. The average molecular weight is 271 g/mol. The Kier molecular flexibility index (Phi) is 3.49. The van der Waals surface area contributed by atoms with E-state index in [1.54, 1.807) is 7.11 Å². The third-order valence-corrected chi connectivity index (χ3v) is 4.17. The third-order valence-electron chi connectivity index (χ3n) is 4.17. The lowest BCUT2D eigenvalue weighted by molar-refractivity contribution is 0.101. The molecule has 3 N–H and O–H groups in total. The Labute approximate surface area is 119 Å². The van der Waals surface area contributed by atoms with Crippen LogP contribution < -0.4 is 11.1 Å². The van der Waals surface area contributed by atoms with Crippen molar-refractivity contribution in [2.45, 2.75) is 38.3 Å². The van der Waals surface area contributed by atoms with Gasteiger partial charge in [0.2, 0.25) is 0 Å². The SMILES string of the molecule is COC1CCCC1Nc1ccc(N)c2cnc(C)cc12. The van der Waals surface area contributed by atoms with Crippen molar-refractivity contribution in [3.05, 3.63) is 30.1 Å². The molecule has 0 radical (unpaired) electrons. The number of hydrogen-bond acceptors (Lipinski definition) is 4. The van der Waals surface area contributed by atoms with Crippen molar-refractivity contribution in [1.82, 2.24) is 4.98 Å². The summed E-state index contributed by atoms with van der Waals surface area (Å²) in [6, 6.07) is 6.46. The molecule has 1 saturated carbocycles. The molecule has 3 rings (SSSR count). The number of ether oxygens (including phenoxy) is 1. The highest BCUT2D eigenvalue weighted by molar-refractivity contribution is 6.00. The van der Waals surface area contributed by atoms with Gasteiger partial charge < -0.3 is 15.8 Å². The Hall–Kier alpha value is -1.81. The summed E-state index contributed by atoms with van der Waals surface area (Å²) in [6.07, 6.45) is 5.64. The number of nitrogens with one attached hydrogen (secondary N) is 1. The van der Waals surface area contributed by atoms with E-state index in [9.17, 15) is 0 Å². The largest absolute Gasteiger partial charge is 0.398 e. The Balaban J connectivity index is 1.99. The number of nitrogens with two attached hydrogens (primary N) is 1. The van der Waals surface area contributed by atoms with Crippen LogP contribution in [-0.4, -0.2) is 24.2 Å². The number of aryl methyl sites for hydroxylation is 1. The number of anilines is 2. The van der Waals surface area contributed by atoms with E-state index in [1.807, 2.05) is 19.2 Å². The number of aromatic nitrogens is 1. The smallest absolute Gasteiger partial charge is 0.0772 e. The molecule has 0 bridgehead atoms. The lowest BCUT2D eigenvalue weighted by atomic mass is 10.1. The van der Waals surface area contributed by atoms with E-state index >= 15 is 0 Å². The summed E-state index contributed by atoms with van der Waals surface area (Å²) in [4.78, 5) is 4.34. The van der Waals surface area contributed by atoms with Gasteiger partial charge in [-0.05, 0) is 44.4 Å². The fourth-order valence-electron chi connectivity index (χ4n) is 3.06. The monoisotopic (exact) mass is 271 g/mol. The lowest BCUT2D eigenvalue weighted by Gasteiger charge is -2.22. The standard InChI is InChI=1S/C16H21N3O/c1-10-8-11-12(9-18-10)13(17)6-7-14(11)19-15-4-3-5-16(15)20-2/h6-9,15-16,19H,3-5,17H2,1-2H3. The van der Waals surface area contributed by atoms with Crippen LogP contribution >= 0.6 is 0 Å². The minimum absolute atomic E-state index is 0.297. The van der Waals surface area contributed by atoms with Crippen molar-refractivity contribution in [3.63, 3.8) is 0 Å². The molecule has 1 aromatic carbocycles. The van der Waals surface area contributed by atoms with Crippen LogP contribution in [0.25, 0.3) is 10.8 Å². The van der Waals surface area contributed by atoms with Crippen LogP contribution in [0, 0.1) is 6.92 Å². The zero-order valence-electron chi connectivity index (χ0n) is 12.0. The maximum atomic E-state index is 6.04. The Morgan fingerprint density at radius 2 is 2.15 bits per heavy atom. The average Bonchev–Trinajstić information content (AvgIpc) is 2.89. The summed E-state index contributed by atoms with van der Waals surface area (Å²) in [5.74, 6) is 0. The third kappa shape index (κ3) is 2.31. The summed E-state index contributed by atoms with van der Waals surface area (Å²) in [5, 5.41) is 5.78. The molecular weight excluding hydrogens is 250 g/mol. The molecule has 20 heavy (non-hydrogen) atoms. The van der Waals surface area contributed by atoms with Crippen LogP contribution in [0.5, 0.6) is 0 Å². The molecule has 1 fully saturated rings. The zero-order valence-corrected chi connectivity index (χ0v) is 12.0. The van der Waals surface area contributed by atoms with Crippen molar-refractivity contribution in [3.8, 4) is 0 Å². The van der Waals surface area contributed by atoms with Gasteiger partial charge in [0, 0.05) is 41.1 Å². The van der Waals surface area contributed by atoms with Crippen molar-refractivity contribution >= 4 is 22.1 Å². The van der Waals surface area contributed by atoms with E-state index in [0.29, 0.717) is 12.1 Å². The molecule has 1 aliphatic rings. The maximum Gasteiger partial charge on any atom is 0.0772 e. The predicted octanol–water partition coefficient (Wildman–Crippen LogP) is 3.10. The summed E-state index contributed by atoms with van der Waals surface area (Å²) < 4.78 is 5.56. The first kappa shape index (κ1) is 13.2. The predicted molar refractivity (Wildman–Crippen MR) is 83.0 cm³/mol. The zero-order chi connectivity index (χ0) is 14.1. The molecule has 106 valence electrons. The van der Waals surface area contributed by atoms with Gasteiger partial charge >= 0.3 is 0 Å². The second-order valence-electron chi connectivity index (χ2n) is 5.53. The van der Waals surface area contributed by atoms with Crippen LogP contribution in [0.1, 0.15) is 25.0 Å². The van der Waals surface area contributed by atoms with E-state index in [0.717, 1.165) is 40.7 Å².